The number of nitrogens with zero attached hydrogens (tertiary/aromatic N) is 1. The number of fused-ring (bicyclic) bond motifs is 1. The molecule has 142 valence electrons. The second-order valence-electron chi connectivity index (χ2n) is 7.26. The van der Waals surface area contributed by atoms with E-state index in [1.165, 1.54) is 11.1 Å². The molecule has 5 heteroatoms. The molecule has 2 aliphatic rings. The van der Waals surface area contributed by atoms with Crippen molar-refractivity contribution in [1.29, 1.82) is 0 Å². The van der Waals surface area contributed by atoms with Gasteiger partial charge >= 0.3 is 5.97 Å². The first kappa shape index (κ1) is 17.9. The number of aliphatic carboxylic acids is 1. The number of ether oxygens (including phenoxy) is 2. The molecule has 5 nitrogen and oxygen atoms in total. The fraction of sp³-hybridized carbons (Fsp3) is 0.409. The van der Waals surface area contributed by atoms with E-state index in [-0.39, 0.29) is 18.8 Å². The molecule has 0 bridgehead atoms. The highest BCUT2D eigenvalue weighted by Crippen LogP contribution is 2.39. The Morgan fingerprint density at radius 1 is 1.07 bits per heavy atom. The number of carboxylic acid groups (broad SMARTS) is 1. The summed E-state index contributed by atoms with van der Waals surface area (Å²) in [6, 6.07) is 14.9. The van der Waals surface area contributed by atoms with Crippen LogP contribution in [0.3, 0.4) is 0 Å². The fourth-order valence-corrected chi connectivity index (χ4v) is 4.04. The fourth-order valence-electron chi connectivity index (χ4n) is 4.04. The van der Waals surface area contributed by atoms with E-state index in [9.17, 15) is 9.90 Å². The molecule has 2 heterocycles. The van der Waals surface area contributed by atoms with E-state index in [2.05, 4.69) is 48.2 Å². The second kappa shape index (κ2) is 7.61. The molecule has 1 saturated heterocycles. The van der Waals surface area contributed by atoms with Crippen LogP contribution in [0, 0.1) is 5.92 Å². The average molecular weight is 367 g/mol. The number of aryl methyl sites for hydroxylation is 1. The van der Waals surface area contributed by atoms with Gasteiger partial charge in [-0.3, -0.25) is 9.69 Å². The molecular weight excluding hydrogens is 342 g/mol. The van der Waals surface area contributed by atoms with Gasteiger partial charge in [-0.25, -0.2) is 0 Å². The van der Waals surface area contributed by atoms with Gasteiger partial charge in [0, 0.05) is 0 Å². The van der Waals surface area contributed by atoms with Gasteiger partial charge in [0.25, 0.3) is 0 Å². The number of piperidine rings is 1. The minimum atomic E-state index is -0.679. The smallest absolute Gasteiger partial charge is 0.306 e. The van der Waals surface area contributed by atoms with Crippen molar-refractivity contribution >= 4 is 5.97 Å². The number of hydrogen-bond donors (Lipinski definition) is 1. The summed E-state index contributed by atoms with van der Waals surface area (Å²) >= 11 is 0. The van der Waals surface area contributed by atoms with Crippen LogP contribution in [0.15, 0.2) is 42.5 Å². The lowest BCUT2D eigenvalue weighted by molar-refractivity contribution is -0.143. The van der Waals surface area contributed by atoms with E-state index in [0.29, 0.717) is 12.8 Å². The third-order valence-electron chi connectivity index (χ3n) is 5.66. The Labute approximate surface area is 159 Å². The van der Waals surface area contributed by atoms with Crippen molar-refractivity contribution in [3.63, 3.8) is 0 Å². The van der Waals surface area contributed by atoms with Crippen LogP contribution in [0.5, 0.6) is 11.5 Å². The lowest BCUT2D eigenvalue weighted by Gasteiger charge is -2.37. The van der Waals surface area contributed by atoms with Gasteiger partial charge in [0.1, 0.15) is 0 Å². The van der Waals surface area contributed by atoms with Crippen molar-refractivity contribution in [2.75, 3.05) is 19.9 Å². The molecule has 2 aromatic rings. The number of likely N-dealkylation sites (tertiary alicyclic amines) is 1. The van der Waals surface area contributed by atoms with Gasteiger partial charge in [0.15, 0.2) is 11.5 Å². The Balaban J connectivity index is 1.66. The third kappa shape index (κ3) is 3.65. The van der Waals surface area contributed by atoms with Crippen molar-refractivity contribution in [2.24, 2.45) is 5.92 Å². The van der Waals surface area contributed by atoms with Crippen molar-refractivity contribution in [1.82, 2.24) is 4.90 Å². The minimum absolute atomic E-state index is 0.0835. The summed E-state index contributed by atoms with van der Waals surface area (Å²) < 4.78 is 11.0. The van der Waals surface area contributed by atoms with E-state index in [0.717, 1.165) is 36.6 Å². The Bertz CT molecular complexity index is 810. The predicted molar refractivity (Wildman–Crippen MR) is 102 cm³/mol. The highest BCUT2D eigenvalue weighted by atomic mass is 16.7. The summed E-state index contributed by atoms with van der Waals surface area (Å²) in [6.45, 7) is 3.96. The molecule has 2 aromatic carbocycles. The van der Waals surface area contributed by atoms with E-state index in [4.69, 9.17) is 9.47 Å². The van der Waals surface area contributed by atoms with Crippen LogP contribution in [-0.4, -0.2) is 35.9 Å². The summed E-state index contributed by atoms with van der Waals surface area (Å²) in [7, 11) is 0. The number of benzene rings is 2. The standard InChI is InChI=1S/C22H25NO4/c1-2-15-3-5-16(6-4-15)21(23-11-9-17(10-12-23)22(24)25)18-7-8-19-20(13-18)27-14-26-19/h3-8,13,17,21H,2,9-12,14H2,1H3,(H,24,25). The van der Waals surface area contributed by atoms with Gasteiger partial charge in [-0.05, 0) is 61.2 Å². The molecule has 0 radical (unpaired) electrons. The summed E-state index contributed by atoms with van der Waals surface area (Å²) in [6.07, 6.45) is 2.38. The lowest BCUT2D eigenvalue weighted by atomic mass is 9.90. The van der Waals surface area contributed by atoms with Crippen LogP contribution >= 0.6 is 0 Å². The Morgan fingerprint density at radius 2 is 1.74 bits per heavy atom. The van der Waals surface area contributed by atoms with E-state index >= 15 is 0 Å². The third-order valence-corrected chi connectivity index (χ3v) is 5.66. The van der Waals surface area contributed by atoms with Crippen molar-refractivity contribution < 1.29 is 19.4 Å². The quantitative estimate of drug-likeness (QED) is 0.869. The SMILES string of the molecule is CCc1ccc(C(c2ccc3c(c2)OCO3)N2CCC(C(=O)O)CC2)cc1. The van der Waals surface area contributed by atoms with Crippen molar-refractivity contribution in [3.05, 3.63) is 59.2 Å². The van der Waals surface area contributed by atoms with Crippen LogP contribution in [-0.2, 0) is 11.2 Å². The number of carboxylic acids is 1. The maximum atomic E-state index is 11.3. The van der Waals surface area contributed by atoms with Crippen molar-refractivity contribution in [2.45, 2.75) is 32.2 Å². The van der Waals surface area contributed by atoms with Gasteiger partial charge in [-0.15, -0.1) is 0 Å². The molecular formula is C22H25NO4. The molecule has 1 atom stereocenters. The van der Waals surface area contributed by atoms with E-state index < -0.39 is 5.97 Å². The Hall–Kier alpha value is -2.53. The molecule has 27 heavy (non-hydrogen) atoms. The average Bonchev–Trinajstić information content (AvgIpc) is 3.17. The Kier molecular flexibility index (Phi) is 5.03. The normalized spacial score (nSPS) is 18.4. The predicted octanol–water partition coefficient (Wildman–Crippen LogP) is 3.86. The van der Waals surface area contributed by atoms with Crippen LogP contribution in [0.2, 0.25) is 0 Å². The maximum absolute atomic E-state index is 11.3. The molecule has 0 aromatic heterocycles. The van der Waals surface area contributed by atoms with Crippen molar-refractivity contribution in [3.8, 4) is 11.5 Å². The number of carbonyl (C=O) groups is 1. The van der Waals surface area contributed by atoms with E-state index in [1.54, 1.807) is 0 Å². The molecule has 1 N–H and O–H groups in total. The lowest BCUT2D eigenvalue weighted by Crippen LogP contribution is -2.39. The zero-order valence-corrected chi connectivity index (χ0v) is 15.6. The summed E-state index contributed by atoms with van der Waals surface area (Å²) in [5.74, 6) is 0.647. The molecule has 2 aliphatic heterocycles. The van der Waals surface area contributed by atoms with Gasteiger partial charge in [0.2, 0.25) is 6.79 Å². The van der Waals surface area contributed by atoms with Gasteiger partial charge < -0.3 is 14.6 Å². The second-order valence-corrected chi connectivity index (χ2v) is 7.26. The molecule has 4 rings (SSSR count). The Morgan fingerprint density at radius 3 is 2.41 bits per heavy atom. The topological polar surface area (TPSA) is 59.0 Å². The first-order valence-electron chi connectivity index (χ1n) is 9.61. The molecule has 1 fully saturated rings. The molecule has 0 aliphatic carbocycles. The first-order valence-corrected chi connectivity index (χ1v) is 9.61. The highest BCUT2D eigenvalue weighted by Gasteiger charge is 2.31. The molecule has 0 amide bonds. The van der Waals surface area contributed by atoms with Gasteiger partial charge in [0.05, 0.1) is 12.0 Å². The minimum Gasteiger partial charge on any atom is -0.481 e. The highest BCUT2D eigenvalue weighted by molar-refractivity contribution is 5.70. The molecule has 0 spiro atoms. The summed E-state index contributed by atoms with van der Waals surface area (Å²) in [5, 5.41) is 9.31. The van der Waals surface area contributed by atoms with Gasteiger partial charge in [-0.1, -0.05) is 37.3 Å². The monoisotopic (exact) mass is 367 g/mol. The van der Waals surface area contributed by atoms with E-state index in [1.807, 2.05) is 6.07 Å². The van der Waals surface area contributed by atoms with Crippen LogP contribution in [0.1, 0.15) is 42.5 Å². The number of rotatable bonds is 5. The van der Waals surface area contributed by atoms with Gasteiger partial charge in [-0.2, -0.15) is 0 Å². The first-order chi connectivity index (χ1) is 13.2. The van der Waals surface area contributed by atoms with Crippen LogP contribution in [0.4, 0.5) is 0 Å². The molecule has 1 unspecified atom stereocenters. The largest absolute Gasteiger partial charge is 0.481 e. The maximum Gasteiger partial charge on any atom is 0.306 e. The summed E-state index contributed by atoms with van der Waals surface area (Å²) in [5.41, 5.74) is 3.69. The van der Waals surface area contributed by atoms with Crippen LogP contribution in [0.25, 0.3) is 0 Å². The number of hydrogen-bond acceptors (Lipinski definition) is 4. The summed E-state index contributed by atoms with van der Waals surface area (Å²) in [4.78, 5) is 13.7. The zero-order valence-electron chi connectivity index (χ0n) is 15.6. The molecule has 0 saturated carbocycles. The van der Waals surface area contributed by atoms with Crippen LogP contribution < -0.4 is 9.47 Å². The zero-order chi connectivity index (χ0) is 18.8.